The molecule has 10 nitrogen and oxygen atoms in total. The molecule has 4 aliphatic carbocycles. The van der Waals surface area contributed by atoms with E-state index in [1.807, 2.05) is 12.2 Å². The van der Waals surface area contributed by atoms with E-state index in [1.165, 1.54) is 14.2 Å². The van der Waals surface area contributed by atoms with Gasteiger partial charge in [-0.15, -0.1) is 0 Å². The maximum absolute atomic E-state index is 12.7. The number of nitro groups is 1. The van der Waals surface area contributed by atoms with Gasteiger partial charge < -0.3 is 9.47 Å². The van der Waals surface area contributed by atoms with Crippen molar-refractivity contribution >= 4 is 27.7 Å². The van der Waals surface area contributed by atoms with E-state index in [-0.39, 0.29) is 28.3 Å². The third kappa shape index (κ3) is 3.41. The summed E-state index contributed by atoms with van der Waals surface area (Å²) < 4.78 is 40.7. The van der Waals surface area contributed by atoms with Gasteiger partial charge in [-0.2, -0.15) is 8.42 Å². The number of methoxy groups -OCH3 is 2. The molecule has 2 saturated carbocycles. The number of esters is 2. The first-order chi connectivity index (χ1) is 14.7. The van der Waals surface area contributed by atoms with Crippen LogP contribution in [0, 0.1) is 45.6 Å². The molecule has 0 aromatic heterocycles. The number of carbonyl (C=O) groups is 2. The van der Waals surface area contributed by atoms with Gasteiger partial charge in [-0.3, -0.25) is 23.9 Å². The number of fused-ring (bicyclic) bond motifs is 1. The normalized spacial score (nSPS) is 33.2. The Morgan fingerprint density at radius 3 is 2.10 bits per heavy atom. The minimum atomic E-state index is -4.16. The second-order valence-electron chi connectivity index (χ2n) is 7.95. The molecule has 0 unspecified atom stereocenters. The molecule has 0 aliphatic heterocycles. The van der Waals surface area contributed by atoms with Gasteiger partial charge in [0, 0.05) is 12.1 Å². The summed E-state index contributed by atoms with van der Waals surface area (Å²) in [5.74, 6) is -3.47. The fourth-order valence-corrected chi connectivity index (χ4v) is 6.41. The summed E-state index contributed by atoms with van der Waals surface area (Å²) in [5.41, 5.74) is -0.229. The number of allylic oxidation sites excluding steroid dienone is 2. The maximum Gasteiger partial charge on any atom is 0.310 e. The van der Waals surface area contributed by atoms with Crippen LogP contribution in [0.3, 0.4) is 0 Å². The Labute approximate surface area is 178 Å². The average Bonchev–Trinajstić information content (AvgIpc) is 2.75. The van der Waals surface area contributed by atoms with Crippen LogP contribution in [0.1, 0.15) is 6.42 Å². The number of rotatable bonds is 6. The van der Waals surface area contributed by atoms with Gasteiger partial charge in [0.2, 0.25) is 0 Å². The second kappa shape index (κ2) is 7.72. The molecule has 0 amide bonds. The van der Waals surface area contributed by atoms with Crippen LogP contribution < -0.4 is 0 Å². The van der Waals surface area contributed by atoms with Crippen LogP contribution in [0.2, 0.25) is 0 Å². The highest BCUT2D eigenvalue weighted by Gasteiger charge is 2.64. The molecule has 0 heterocycles. The van der Waals surface area contributed by atoms with Crippen molar-refractivity contribution in [2.45, 2.75) is 17.4 Å². The molecule has 0 N–H and O–H groups in total. The van der Waals surface area contributed by atoms with Crippen molar-refractivity contribution < 1.29 is 36.6 Å². The molecule has 0 spiro atoms. The van der Waals surface area contributed by atoms with Crippen molar-refractivity contribution in [2.24, 2.45) is 35.5 Å². The molecule has 0 radical (unpaired) electrons. The zero-order chi connectivity index (χ0) is 22.5. The van der Waals surface area contributed by atoms with Gasteiger partial charge in [-0.1, -0.05) is 12.2 Å². The van der Waals surface area contributed by atoms with Crippen molar-refractivity contribution in [1.29, 1.82) is 0 Å². The first-order valence-electron chi connectivity index (χ1n) is 9.71. The predicted molar refractivity (Wildman–Crippen MR) is 104 cm³/mol. The molecule has 2 fully saturated rings. The summed E-state index contributed by atoms with van der Waals surface area (Å²) >= 11 is 0. The molecular weight excluding hydrogens is 430 g/mol. The first-order valence-corrected chi connectivity index (χ1v) is 11.1. The molecule has 7 atom stereocenters. The summed E-state index contributed by atoms with van der Waals surface area (Å²) in [6.45, 7) is 0. The lowest BCUT2D eigenvalue weighted by atomic mass is 9.45. The summed E-state index contributed by atoms with van der Waals surface area (Å²) in [6.07, 6.45) is 3.46. The maximum atomic E-state index is 12.7. The molecular formula is C20H21NO9S. The van der Waals surface area contributed by atoms with E-state index in [0.29, 0.717) is 6.42 Å². The van der Waals surface area contributed by atoms with Gasteiger partial charge in [0.1, 0.15) is 0 Å². The Balaban J connectivity index is 1.57. The number of ether oxygens (including phenoxy) is 2. The zero-order valence-corrected chi connectivity index (χ0v) is 17.6. The summed E-state index contributed by atoms with van der Waals surface area (Å²) in [5, 5.41) is 10.8. The molecule has 4 aliphatic rings. The molecule has 11 heteroatoms. The van der Waals surface area contributed by atoms with Gasteiger partial charge in [-0.25, -0.2) is 0 Å². The molecule has 166 valence electrons. The molecule has 31 heavy (non-hydrogen) atoms. The Hall–Kier alpha value is -2.79. The molecule has 0 saturated heterocycles. The van der Waals surface area contributed by atoms with Crippen LogP contribution in [-0.2, 0) is 33.4 Å². The summed E-state index contributed by atoms with van der Waals surface area (Å²) in [4.78, 5) is 34.9. The largest absolute Gasteiger partial charge is 0.469 e. The lowest BCUT2D eigenvalue weighted by molar-refractivity contribution is -0.384. The van der Waals surface area contributed by atoms with Gasteiger partial charge in [0.25, 0.3) is 15.8 Å². The fraction of sp³-hybridized carbons (Fsp3) is 0.500. The Morgan fingerprint density at radius 2 is 1.55 bits per heavy atom. The van der Waals surface area contributed by atoms with E-state index in [2.05, 4.69) is 0 Å². The van der Waals surface area contributed by atoms with Crippen LogP contribution >= 0.6 is 0 Å². The third-order valence-electron chi connectivity index (χ3n) is 6.67. The average molecular weight is 451 g/mol. The Bertz CT molecular complexity index is 1050. The molecule has 2 bridgehead atoms. The van der Waals surface area contributed by atoms with E-state index in [0.717, 1.165) is 24.3 Å². The monoisotopic (exact) mass is 451 g/mol. The van der Waals surface area contributed by atoms with Crippen molar-refractivity contribution in [1.82, 2.24) is 0 Å². The number of hydrogen-bond donors (Lipinski definition) is 0. The van der Waals surface area contributed by atoms with E-state index in [4.69, 9.17) is 13.7 Å². The SMILES string of the molecule is COC(=O)[C@H]1[C@H]2C=C[C@@H]([C@@H]1C(=O)OC)[C@@H]1[C@@H]2C[C@@H]1OS(=O)(=O)c1ccc([N+](=O)[O-])cc1. The summed E-state index contributed by atoms with van der Waals surface area (Å²) in [7, 11) is -1.65. The van der Waals surface area contributed by atoms with E-state index < -0.39 is 50.8 Å². The van der Waals surface area contributed by atoms with Crippen LogP contribution in [0.15, 0.2) is 41.3 Å². The van der Waals surface area contributed by atoms with Gasteiger partial charge >= 0.3 is 11.9 Å². The van der Waals surface area contributed by atoms with Gasteiger partial charge in [-0.05, 0) is 42.2 Å². The minimum absolute atomic E-state index is 0.0166. The number of hydrogen-bond acceptors (Lipinski definition) is 9. The Kier molecular flexibility index (Phi) is 5.34. The zero-order valence-electron chi connectivity index (χ0n) is 16.7. The number of non-ortho nitro benzene ring substituents is 1. The van der Waals surface area contributed by atoms with Crippen LogP contribution in [0.4, 0.5) is 5.69 Å². The third-order valence-corrected chi connectivity index (χ3v) is 8.02. The highest BCUT2D eigenvalue weighted by atomic mass is 32.2. The Morgan fingerprint density at radius 1 is 1.00 bits per heavy atom. The van der Waals surface area contributed by atoms with E-state index in [1.54, 1.807) is 0 Å². The number of nitro benzene ring substituents is 1. The summed E-state index contributed by atoms with van der Waals surface area (Å²) in [6, 6.07) is 4.45. The van der Waals surface area contributed by atoms with E-state index >= 15 is 0 Å². The lowest BCUT2D eigenvalue weighted by Gasteiger charge is -2.59. The van der Waals surface area contributed by atoms with Crippen LogP contribution in [0.25, 0.3) is 0 Å². The van der Waals surface area contributed by atoms with Gasteiger partial charge in [0.05, 0.1) is 42.0 Å². The highest BCUT2D eigenvalue weighted by molar-refractivity contribution is 7.86. The van der Waals surface area contributed by atoms with Crippen molar-refractivity contribution in [3.05, 3.63) is 46.5 Å². The second-order valence-corrected chi connectivity index (χ2v) is 9.53. The van der Waals surface area contributed by atoms with E-state index in [9.17, 15) is 28.1 Å². The van der Waals surface area contributed by atoms with Crippen LogP contribution in [-0.4, -0.2) is 45.6 Å². The quantitative estimate of drug-likeness (QED) is 0.208. The predicted octanol–water partition coefficient (Wildman–Crippen LogP) is 1.70. The fourth-order valence-electron chi connectivity index (χ4n) is 5.30. The van der Waals surface area contributed by atoms with Crippen LogP contribution in [0.5, 0.6) is 0 Å². The smallest absolute Gasteiger partial charge is 0.310 e. The lowest BCUT2D eigenvalue weighted by Crippen LogP contribution is -2.63. The van der Waals surface area contributed by atoms with Gasteiger partial charge in [0.15, 0.2) is 0 Å². The van der Waals surface area contributed by atoms with Crippen molar-refractivity contribution in [3.63, 3.8) is 0 Å². The van der Waals surface area contributed by atoms with Crippen molar-refractivity contribution in [3.8, 4) is 0 Å². The minimum Gasteiger partial charge on any atom is -0.469 e. The standard InChI is InChI=1S/C20H21NO9S/c1-28-19(22)17-12-7-8-13(18(17)20(23)29-2)16-14(12)9-15(16)30-31(26,27)11-5-3-10(4-6-11)21(24)25/h3-8,12-18H,9H2,1-2H3/t12-,13+,14+,15-,16+,17-,18-/m0/s1. The number of benzene rings is 1. The molecule has 1 aromatic carbocycles. The highest BCUT2D eigenvalue weighted by Crippen LogP contribution is 2.61. The topological polar surface area (TPSA) is 139 Å². The molecule has 5 rings (SSSR count). The number of nitrogens with zero attached hydrogens (tertiary/aromatic N) is 1. The first kappa shape index (κ1) is 21.4. The van der Waals surface area contributed by atoms with Crippen molar-refractivity contribution in [2.75, 3.05) is 14.2 Å². The molecule has 1 aromatic rings. The number of carbonyl (C=O) groups excluding carboxylic acids is 2.